The molecule has 0 saturated carbocycles. The number of aliphatic hydroxyl groups excluding tert-OH is 1. The van der Waals surface area contributed by atoms with Gasteiger partial charge in [-0.25, -0.2) is 0 Å². The molecule has 0 aliphatic heterocycles. The summed E-state index contributed by atoms with van der Waals surface area (Å²) in [6, 6.07) is 6.92. The lowest BCUT2D eigenvalue weighted by Gasteiger charge is -2.32. The molecule has 0 spiro atoms. The lowest BCUT2D eigenvalue weighted by atomic mass is 9.85. The summed E-state index contributed by atoms with van der Waals surface area (Å²) in [7, 11) is 0. The maximum atomic E-state index is 12.2. The maximum Gasteiger partial charge on any atom is 0.261 e. The quantitative estimate of drug-likeness (QED) is 0.848. The lowest BCUT2D eigenvalue weighted by Crippen LogP contribution is -2.48. The summed E-state index contributed by atoms with van der Waals surface area (Å²) in [5.41, 5.74) is -0.136. The predicted octanol–water partition coefficient (Wildman–Crippen LogP) is 3.02. The molecule has 21 heavy (non-hydrogen) atoms. The van der Waals surface area contributed by atoms with Crippen LogP contribution in [0, 0.1) is 5.41 Å². The lowest BCUT2D eigenvalue weighted by molar-refractivity contribution is -0.128. The summed E-state index contributed by atoms with van der Waals surface area (Å²) in [5, 5.41) is 12.5. The molecule has 0 bridgehead atoms. The highest BCUT2D eigenvalue weighted by Gasteiger charge is 2.28. The normalized spacial score (nSPS) is 14.4. The van der Waals surface area contributed by atoms with E-state index < -0.39 is 6.10 Å². The fourth-order valence-corrected chi connectivity index (χ4v) is 2.10. The molecule has 5 heteroatoms. The van der Waals surface area contributed by atoms with Crippen LogP contribution in [0.3, 0.4) is 0 Å². The summed E-state index contributed by atoms with van der Waals surface area (Å²) < 4.78 is 5.59. The van der Waals surface area contributed by atoms with Gasteiger partial charge in [-0.2, -0.15) is 0 Å². The van der Waals surface area contributed by atoms with Crippen LogP contribution in [-0.4, -0.2) is 29.8 Å². The standard InChI is InChI=1S/C16H24ClNO3/c1-11(21-13-8-6-5-7-12(13)17)15(20)18-14(9-10-19)16(2,3)4/h5-8,11,14,19H,9-10H2,1-4H3,(H,18,20). The minimum atomic E-state index is -0.659. The number of amides is 1. The minimum absolute atomic E-state index is 0.0297. The molecule has 0 aromatic heterocycles. The van der Waals surface area contributed by atoms with Crippen molar-refractivity contribution in [2.24, 2.45) is 5.41 Å². The van der Waals surface area contributed by atoms with Crippen molar-refractivity contribution < 1.29 is 14.6 Å². The second-order valence-electron chi connectivity index (χ2n) is 6.13. The molecule has 0 aliphatic rings. The second-order valence-corrected chi connectivity index (χ2v) is 6.54. The number of rotatable bonds is 6. The molecule has 0 saturated heterocycles. The van der Waals surface area contributed by atoms with Gasteiger partial charge >= 0.3 is 0 Å². The van der Waals surface area contributed by atoms with E-state index in [9.17, 15) is 4.79 Å². The molecule has 2 N–H and O–H groups in total. The number of aliphatic hydroxyl groups is 1. The molecule has 1 rings (SSSR count). The average Bonchev–Trinajstić information content (AvgIpc) is 2.39. The maximum absolute atomic E-state index is 12.2. The predicted molar refractivity (Wildman–Crippen MR) is 84.6 cm³/mol. The Kier molecular flexibility index (Phi) is 6.49. The number of hydrogen-bond acceptors (Lipinski definition) is 3. The number of hydrogen-bond donors (Lipinski definition) is 2. The van der Waals surface area contributed by atoms with Gasteiger partial charge < -0.3 is 15.2 Å². The molecular weight excluding hydrogens is 290 g/mol. The number of para-hydroxylation sites is 1. The van der Waals surface area contributed by atoms with E-state index in [-0.39, 0.29) is 24.0 Å². The van der Waals surface area contributed by atoms with E-state index in [0.717, 1.165) is 0 Å². The molecule has 2 unspecified atom stereocenters. The van der Waals surface area contributed by atoms with Crippen LogP contribution in [0.4, 0.5) is 0 Å². The number of ether oxygens (including phenoxy) is 1. The van der Waals surface area contributed by atoms with Crippen molar-refractivity contribution in [1.82, 2.24) is 5.32 Å². The summed E-state index contributed by atoms with van der Waals surface area (Å²) >= 11 is 6.01. The van der Waals surface area contributed by atoms with Crippen molar-refractivity contribution in [3.05, 3.63) is 29.3 Å². The number of halogens is 1. The first-order valence-corrected chi connectivity index (χ1v) is 7.46. The van der Waals surface area contributed by atoms with Gasteiger partial charge in [0, 0.05) is 12.6 Å². The molecule has 0 heterocycles. The largest absolute Gasteiger partial charge is 0.479 e. The van der Waals surface area contributed by atoms with Crippen molar-refractivity contribution in [2.45, 2.75) is 46.3 Å². The Labute approximate surface area is 131 Å². The van der Waals surface area contributed by atoms with Crippen molar-refractivity contribution in [1.29, 1.82) is 0 Å². The third-order valence-electron chi connectivity index (χ3n) is 3.29. The van der Waals surface area contributed by atoms with E-state index >= 15 is 0 Å². The van der Waals surface area contributed by atoms with Crippen LogP contribution in [0.5, 0.6) is 5.75 Å². The van der Waals surface area contributed by atoms with E-state index in [2.05, 4.69) is 5.32 Å². The van der Waals surface area contributed by atoms with Crippen molar-refractivity contribution in [3.8, 4) is 5.75 Å². The zero-order chi connectivity index (χ0) is 16.0. The monoisotopic (exact) mass is 313 g/mol. The summed E-state index contributed by atoms with van der Waals surface area (Å²) in [5.74, 6) is 0.263. The van der Waals surface area contributed by atoms with Crippen LogP contribution >= 0.6 is 11.6 Å². The van der Waals surface area contributed by atoms with Crippen LogP contribution < -0.4 is 10.1 Å². The zero-order valence-electron chi connectivity index (χ0n) is 13.0. The van der Waals surface area contributed by atoms with Crippen molar-refractivity contribution >= 4 is 17.5 Å². The Bertz CT molecular complexity index is 471. The molecule has 118 valence electrons. The van der Waals surface area contributed by atoms with Crippen LogP contribution in [0.25, 0.3) is 0 Å². The van der Waals surface area contributed by atoms with Crippen molar-refractivity contribution in [3.63, 3.8) is 0 Å². The zero-order valence-corrected chi connectivity index (χ0v) is 13.8. The van der Waals surface area contributed by atoms with Crippen LogP contribution in [0.15, 0.2) is 24.3 Å². The Hall–Kier alpha value is -1.26. The molecule has 1 aromatic rings. The first-order chi connectivity index (χ1) is 9.75. The van der Waals surface area contributed by atoms with Gasteiger partial charge in [0.05, 0.1) is 5.02 Å². The number of benzene rings is 1. The molecule has 0 fully saturated rings. The molecule has 1 amide bonds. The van der Waals surface area contributed by atoms with Gasteiger partial charge in [0.25, 0.3) is 5.91 Å². The van der Waals surface area contributed by atoms with Gasteiger partial charge in [-0.15, -0.1) is 0 Å². The van der Waals surface area contributed by atoms with E-state index in [1.165, 1.54) is 0 Å². The highest BCUT2D eigenvalue weighted by Crippen LogP contribution is 2.25. The smallest absolute Gasteiger partial charge is 0.261 e. The van der Waals surface area contributed by atoms with Crippen LogP contribution in [0.2, 0.25) is 5.02 Å². The average molecular weight is 314 g/mol. The first kappa shape index (κ1) is 17.8. The molecule has 4 nitrogen and oxygen atoms in total. The van der Waals surface area contributed by atoms with Gasteiger partial charge in [-0.05, 0) is 30.9 Å². The van der Waals surface area contributed by atoms with E-state index in [4.69, 9.17) is 21.4 Å². The number of carbonyl (C=O) groups excluding carboxylic acids is 1. The van der Waals surface area contributed by atoms with Crippen LogP contribution in [-0.2, 0) is 4.79 Å². The van der Waals surface area contributed by atoms with Gasteiger partial charge in [0.1, 0.15) is 5.75 Å². The topological polar surface area (TPSA) is 58.6 Å². The van der Waals surface area contributed by atoms with Gasteiger partial charge in [0.2, 0.25) is 0 Å². The van der Waals surface area contributed by atoms with Gasteiger partial charge in [-0.3, -0.25) is 4.79 Å². The Morgan fingerprint density at radius 3 is 2.52 bits per heavy atom. The number of nitrogens with one attached hydrogen (secondary N) is 1. The Morgan fingerprint density at radius 2 is 2.00 bits per heavy atom. The third kappa shape index (κ3) is 5.56. The summed E-state index contributed by atoms with van der Waals surface area (Å²) in [6.07, 6.45) is -0.151. The Balaban J connectivity index is 2.67. The summed E-state index contributed by atoms with van der Waals surface area (Å²) in [4.78, 5) is 12.2. The minimum Gasteiger partial charge on any atom is -0.479 e. The first-order valence-electron chi connectivity index (χ1n) is 7.08. The SMILES string of the molecule is CC(Oc1ccccc1Cl)C(=O)NC(CCO)C(C)(C)C. The molecule has 2 atom stereocenters. The third-order valence-corrected chi connectivity index (χ3v) is 3.60. The fourth-order valence-electron chi connectivity index (χ4n) is 1.92. The molecular formula is C16H24ClNO3. The Morgan fingerprint density at radius 1 is 1.38 bits per heavy atom. The van der Waals surface area contributed by atoms with Gasteiger partial charge in [0.15, 0.2) is 6.10 Å². The molecule has 0 aliphatic carbocycles. The van der Waals surface area contributed by atoms with E-state index in [0.29, 0.717) is 17.2 Å². The molecule has 1 aromatic carbocycles. The highest BCUT2D eigenvalue weighted by atomic mass is 35.5. The fraction of sp³-hybridized carbons (Fsp3) is 0.562. The van der Waals surface area contributed by atoms with E-state index in [1.807, 2.05) is 20.8 Å². The summed E-state index contributed by atoms with van der Waals surface area (Å²) in [6.45, 7) is 7.77. The van der Waals surface area contributed by atoms with E-state index in [1.54, 1.807) is 31.2 Å². The van der Waals surface area contributed by atoms with Gasteiger partial charge in [-0.1, -0.05) is 44.5 Å². The molecule has 0 radical (unpaired) electrons. The highest BCUT2D eigenvalue weighted by molar-refractivity contribution is 6.32. The second kappa shape index (κ2) is 7.66. The number of carbonyl (C=O) groups is 1. The van der Waals surface area contributed by atoms with Crippen molar-refractivity contribution in [2.75, 3.05) is 6.61 Å². The van der Waals surface area contributed by atoms with Crippen LogP contribution in [0.1, 0.15) is 34.1 Å².